The average molecular weight is 420 g/mol. The van der Waals surface area contributed by atoms with Crippen LogP contribution < -0.4 is 4.90 Å². The van der Waals surface area contributed by atoms with E-state index in [0.717, 1.165) is 22.5 Å². The van der Waals surface area contributed by atoms with Crippen LogP contribution in [0.3, 0.4) is 0 Å². The van der Waals surface area contributed by atoms with E-state index in [1.165, 1.54) is 0 Å². The summed E-state index contributed by atoms with van der Waals surface area (Å²) in [4.78, 5) is 2.08. The van der Waals surface area contributed by atoms with E-state index < -0.39 is 16.2 Å². The maximum Gasteiger partial charge on any atom is 0.283 e. The van der Waals surface area contributed by atoms with Gasteiger partial charge in [-0.25, -0.2) is 4.39 Å². The molecule has 5 nitrogen and oxygen atoms in total. The number of rotatable bonds is 3. The maximum absolute atomic E-state index is 14.2. The second kappa shape index (κ2) is 5.94. The van der Waals surface area contributed by atoms with Crippen LogP contribution in [0.4, 0.5) is 10.2 Å². The molecule has 1 aromatic heterocycles. The molecule has 146 valence electrons. The second-order valence-corrected chi connectivity index (χ2v) is 9.93. The molecule has 8 heteroatoms. The fourth-order valence-electron chi connectivity index (χ4n) is 4.17. The van der Waals surface area contributed by atoms with Gasteiger partial charge in [0.1, 0.15) is 6.17 Å². The van der Waals surface area contributed by atoms with Crippen LogP contribution in [0.2, 0.25) is 5.02 Å². The Morgan fingerprint density at radius 1 is 1.18 bits per heavy atom. The molecule has 28 heavy (non-hydrogen) atoms. The summed E-state index contributed by atoms with van der Waals surface area (Å²) >= 11 is 6.45. The van der Waals surface area contributed by atoms with Crippen molar-refractivity contribution < 1.29 is 12.8 Å². The number of fused-ring (bicyclic) bond motifs is 1. The van der Waals surface area contributed by atoms with Gasteiger partial charge in [-0.3, -0.25) is 0 Å². The third-order valence-electron chi connectivity index (χ3n) is 5.79. The molecule has 0 bridgehead atoms. The quantitative estimate of drug-likeness (QED) is 0.634. The van der Waals surface area contributed by atoms with Gasteiger partial charge in [0.2, 0.25) is 0 Å². The lowest BCUT2D eigenvalue weighted by atomic mass is 10.2. The number of anilines is 1. The van der Waals surface area contributed by atoms with E-state index in [4.69, 9.17) is 11.6 Å². The average Bonchev–Trinajstić information content (AvgIpc) is 3.18. The highest BCUT2D eigenvalue weighted by atomic mass is 35.5. The number of aryl methyl sites for hydroxylation is 1. The summed E-state index contributed by atoms with van der Waals surface area (Å²) in [7, 11) is -3.91. The summed E-state index contributed by atoms with van der Waals surface area (Å²) < 4.78 is 41.9. The van der Waals surface area contributed by atoms with Crippen molar-refractivity contribution in [2.24, 2.45) is 0 Å². The number of benzene rings is 2. The number of nitrogens with zero attached hydrogens (tertiary/aromatic N) is 3. The number of halogens is 2. The first-order valence-corrected chi connectivity index (χ1v) is 11.0. The van der Waals surface area contributed by atoms with Gasteiger partial charge < -0.3 is 4.90 Å². The lowest BCUT2D eigenvalue weighted by molar-refractivity contribution is 0.354. The van der Waals surface area contributed by atoms with Crippen LogP contribution in [0.5, 0.6) is 0 Å². The molecule has 1 spiro atoms. The van der Waals surface area contributed by atoms with Crippen molar-refractivity contribution in [2.45, 2.75) is 42.8 Å². The Labute approximate surface area is 167 Å². The molecule has 0 amide bonds. The van der Waals surface area contributed by atoms with E-state index in [1.54, 1.807) is 42.5 Å². The smallest absolute Gasteiger partial charge is 0.283 e. The van der Waals surface area contributed by atoms with Gasteiger partial charge in [-0.15, -0.1) is 5.10 Å². The van der Waals surface area contributed by atoms with Crippen LogP contribution in [0.15, 0.2) is 47.4 Å². The second-order valence-electron chi connectivity index (χ2n) is 7.75. The molecule has 1 aliphatic carbocycles. The predicted molar refractivity (Wildman–Crippen MR) is 107 cm³/mol. The Morgan fingerprint density at radius 3 is 2.57 bits per heavy atom. The van der Waals surface area contributed by atoms with Gasteiger partial charge in [0.15, 0.2) is 5.82 Å². The van der Waals surface area contributed by atoms with Crippen molar-refractivity contribution in [1.82, 2.24) is 9.19 Å². The highest BCUT2D eigenvalue weighted by molar-refractivity contribution is 7.90. The standard InChI is InChI=1S/C20H19ClFN3O2S/c1-13-5-7-15(8-6-13)28(26,27)25-17-4-2-3-16(21)18(17)19(23-25)24-12-14(22)11-20(24)9-10-20/h2-8,14H,9-12H2,1H3. The SMILES string of the molecule is Cc1ccc(S(=O)(=O)n2nc(N3CC(F)CC34CC4)c3c(Cl)cccc32)cc1. The molecule has 0 N–H and O–H groups in total. The van der Waals surface area contributed by atoms with Gasteiger partial charge in [0.25, 0.3) is 10.0 Å². The molecule has 0 radical (unpaired) electrons. The molecule has 1 atom stereocenters. The number of hydrogen-bond donors (Lipinski definition) is 0. The fraction of sp³-hybridized carbons (Fsp3) is 0.350. The third kappa shape index (κ3) is 2.56. The highest BCUT2D eigenvalue weighted by Gasteiger charge is 2.55. The monoisotopic (exact) mass is 419 g/mol. The van der Waals surface area contributed by atoms with Crippen LogP contribution in [-0.2, 0) is 10.0 Å². The number of hydrogen-bond acceptors (Lipinski definition) is 4. The summed E-state index contributed by atoms with van der Waals surface area (Å²) in [6, 6.07) is 11.7. The van der Waals surface area contributed by atoms with Gasteiger partial charge in [-0.1, -0.05) is 35.4 Å². The summed E-state index contributed by atoms with van der Waals surface area (Å²) in [6.45, 7) is 2.11. The van der Waals surface area contributed by atoms with Gasteiger partial charge in [0, 0.05) is 12.0 Å². The van der Waals surface area contributed by atoms with Crippen molar-refractivity contribution >= 4 is 38.3 Å². The topological polar surface area (TPSA) is 55.2 Å². The summed E-state index contributed by atoms with van der Waals surface area (Å²) in [5.74, 6) is 0.453. The van der Waals surface area contributed by atoms with Gasteiger partial charge in [-0.05, 0) is 44.0 Å². The van der Waals surface area contributed by atoms with Crippen LogP contribution >= 0.6 is 11.6 Å². The van der Waals surface area contributed by atoms with Crippen LogP contribution in [0, 0.1) is 6.92 Å². The van der Waals surface area contributed by atoms with Gasteiger partial charge in [-0.2, -0.15) is 12.5 Å². The molecule has 1 aliphatic heterocycles. The number of alkyl halides is 1. The molecule has 1 saturated carbocycles. The zero-order valence-corrected chi connectivity index (χ0v) is 16.8. The minimum atomic E-state index is -3.91. The minimum absolute atomic E-state index is 0.153. The lowest BCUT2D eigenvalue weighted by Crippen LogP contribution is -2.32. The van der Waals surface area contributed by atoms with E-state index in [9.17, 15) is 12.8 Å². The van der Waals surface area contributed by atoms with E-state index in [-0.39, 0.29) is 17.0 Å². The van der Waals surface area contributed by atoms with Crippen molar-refractivity contribution in [1.29, 1.82) is 0 Å². The fourth-order valence-corrected chi connectivity index (χ4v) is 5.70. The molecule has 1 saturated heterocycles. The zero-order valence-electron chi connectivity index (χ0n) is 15.3. The molecule has 2 aliphatic rings. The van der Waals surface area contributed by atoms with Crippen molar-refractivity contribution in [2.75, 3.05) is 11.4 Å². The molecular weight excluding hydrogens is 401 g/mol. The summed E-state index contributed by atoms with van der Waals surface area (Å²) in [6.07, 6.45) is 1.28. The van der Waals surface area contributed by atoms with Gasteiger partial charge >= 0.3 is 0 Å². The minimum Gasteiger partial charge on any atom is -0.346 e. The summed E-state index contributed by atoms with van der Waals surface area (Å²) in [5.41, 5.74) is 1.12. The van der Waals surface area contributed by atoms with Crippen LogP contribution in [0.25, 0.3) is 10.9 Å². The molecule has 2 fully saturated rings. The van der Waals surface area contributed by atoms with E-state index >= 15 is 0 Å². The van der Waals surface area contributed by atoms with Crippen LogP contribution in [-0.4, -0.2) is 35.9 Å². The Morgan fingerprint density at radius 2 is 1.89 bits per heavy atom. The molecule has 2 heterocycles. The Bertz CT molecular complexity index is 1190. The molecule has 2 aromatic carbocycles. The molecular formula is C20H19ClFN3O2S. The first-order chi connectivity index (χ1) is 13.3. The summed E-state index contributed by atoms with van der Waals surface area (Å²) in [5, 5.41) is 5.44. The van der Waals surface area contributed by atoms with Crippen LogP contribution in [0.1, 0.15) is 24.8 Å². The largest absolute Gasteiger partial charge is 0.346 e. The maximum atomic E-state index is 14.2. The van der Waals surface area contributed by atoms with Gasteiger partial charge in [0.05, 0.1) is 27.4 Å². The molecule has 3 aromatic rings. The van der Waals surface area contributed by atoms with Crippen molar-refractivity contribution in [3.8, 4) is 0 Å². The Balaban J connectivity index is 1.73. The normalized spacial score (nSPS) is 21.0. The third-order valence-corrected chi connectivity index (χ3v) is 7.71. The first kappa shape index (κ1) is 17.9. The van der Waals surface area contributed by atoms with Crippen molar-refractivity contribution in [3.63, 3.8) is 0 Å². The predicted octanol–water partition coefficient (Wildman–Crippen LogP) is 4.32. The van der Waals surface area contributed by atoms with E-state index in [2.05, 4.69) is 5.10 Å². The lowest BCUT2D eigenvalue weighted by Gasteiger charge is -2.24. The highest BCUT2D eigenvalue weighted by Crippen LogP contribution is 2.53. The molecule has 1 unspecified atom stereocenters. The van der Waals surface area contributed by atoms with Crippen molar-refractivity contribution in [3.05, 3.63) is 53.1 Å². The Kier molecular flexibility index (Phi) is 3.81. The zero-order chi connectivity index (χ0) is 19.7. The molecule has 5 rings (SSSR count). The Hall–Kier alpha value is -2.12. The number of aromatic nitrogens is 2. The van der Waals surface area contributed by atoms with E-state index in [1.807, 2.05) is 11.8 Å². The first-order valence-electron chi connectivity index (χ1n) is 9.23. The van der Waals surface area contributed by atoms with E-state index in [0.29, 0.717) is 28.2 Å².